The molecule has 2 aromatic heterocycles. The average molecular weight is 370 g/mol. The van der Waals surface area contributed by atoms with Crippen LogP contribution in [0.2, 0.25) is 0 Å². The molecule has 144 valence electrons. The van der Waals surface area contributed by atoms with Gasteiger partial charge in [-0.1, -0.05) is 0 Å². The van der Waals surface area contributed by atoms with Crippen LogP contribution in [0.25, 0.3) is 11.0 Å². The van der Waals surface area contributed by atoms with Crippen LogP contribution >= 0.6 is 0 Å². The first-order valence-electron chi connectivity index (χ1n) is 9.24. The molecule has 0 bridgehead atoms. The fourth-order valence-electron chi connectivity index (χ4n) is 3.93. The van der Waals surface area contributed by atoms with Crippen molar-refractivity contribution in [1.29, 1.82) is 0 Å². The summed E-state index contributed by atoms with van der Waals surface area (Å²) < 4.78 is 5.49. The molecule has 0 radical (unpaired) electrons. The van der Waals surface area contributed by atoms with E-state index in [1.165, 1.54) is 0 Å². The predicted octanol–water partition coefficient (Wildman–Crippen LogP) is 2.65. The Morgan fingerprint density at radius 1 is 1.33 bits per heavy atom. The van der Waals surface area contributed by atoms with E-state index in [0.717, 1.165) is 23.1 Å². The molecule has 8 nitrogen and oxygen atoms in total. The lowest BCUT2D eigenvalue weighted by atomic mass is 10.1. The summed E-state index contributed by atoms with van der Waals surface area (Å²) >= 11 is 0. The normalized spacial score (nSPS) is 24.0. The number of ether oxygens (including phenoxy) is 1. The van der Waals surface area contributed by atoms with E-state index in [1.54, 1.807) is 4.90 Å². The van der Waals surface area contributed by atoms with Crippen molar-refractivity contribution in [3.63, 3.8) is 0 Å². The molecule has 1 saturated heterocycles. The highest BCUT2D eigenvalue weighted by Crippen LogP contribution is 2.51. The van der Waals surface area contributed by atoms with Crippen LogP contribution in [0.5, 0.6) is 0 Å². The molecule has 27 heavy (non-hydrogen) atoms. The zero-order chi connectivity index (χ0) is 19.6. The number of anilines is 2. The van der Waals surface area contributed by atoms with E-state index in [2.05, 4.69) is 20.3 Å². The molecular weight excluding hydrogens is 344 g/mol. The van der Waals surface area contributed by atoms with E-state index in [0.29, 0.717) is 36.4 Å². The Morgan fingerprint density at radius 2 is 2.07 bits per heavy atom. The van der Waals surface area contributed by atoms with Crippen LogP contribution in [0.3, 0.4) is 0 Å². The number of aryl methyl sites for hydroxylation is 2. The number of nitrogen functional groups attached to an aromatic ring is 1. The van der Waals surface area contributed by atoms with E-state index in [9.17, 15) is 4.79 Å². The SMILES string of the molecule is Cc1cc(C)c2c(N)nc(NC34CC3CN(C(=O)OC(C)(C)C)C4)nc2n1. The van der Waals surface area contributed by atoms with Crippen molar-refractivity contribution >= 4 is 28.9 Å². The van der Waals surface area contributed by atoms with Crippen molar-refractivity contribution in [3.05, 3.63) is 17.3 Å². The minimum Gasteiger partial charge on any atom is -0.444 e. The molecule has 0 aromatic carbocycles. The van der Waals surface area contributed by atoms with Crippen molar-refractivity contribution in [3.8, 4) is 0 Å². The summed E-state index contributed by atoms with van der Waals surface area (Å²) in [5.74, 6) is 1.26. The van der Waals surface area contributed by atoms with E-state index < -0.39 is 5.60 Å². The van der Waals surface area contributed by atoms with Gasteiger partial charge in [0.1, 0.15) is 11.4 Å². The molecule has 2 unspecified atom stereocenters. The van der Waals surface area contributed by atoms with Crippen molar-refractivity contribution in [2.24, 2.45) is 5.92 Å². The molecule has 1 aliphatic heterocycles. The minimum absolute atomic E-state index is 0.199. The van der Waals surface area contributed by atoms with Gasteiger partial charge in [0.05, 0.1) is 10.9 Å². The van der Waals surface area contributed by atoms with Crippen LogP contribution in [-0.4, -0.2) is 50.2 Å². The maximum atomic E-state index is 12.3. The number of carbonyl (C=O) groups is 1. The largest absolute Gasteiger partial charge is 0.444 e. The molecule has 0 spiro atoms. The number of aromatic nitrogens is 3. The zero-order valence-electron chi connectivity index (χ0n) is 16.5. The van der Waals surface area contributed by atoms with Crippen LogP contribution in [0, 0.1) is 19.8 Å². The molecule has 1 saturated carbocycles. The molecule has 8 heteroatoms. The first-order chi connectivity index (χ1) is 12.6. The van der Waals surface area contributed by atoms with Crippen LogP contribution < -0.4 is 11.1 Å². The van der Waals surface area contributed by atoms with Gasteiger partial charge in [0, 0.05) is 24.7 Å². The third-order valence-electron chi connectivity index (χ3n) is 5.18. The Bertz CT molecular complexity index is 938. The molecule has 3 N–H and O–H groups in total. The van der Waals surface area contributed by atoms with Gasteiger partial charge in [-0.15, -0.1) is 0 Å². The number of pyridine rings is 1. The highest BCUT2D eigenvalue weighted by molar-refractivity contribution is 5.89. The number of likely N-dealkylation sites (tertiary alicyclic amines) is 1. The van der Waals surface area contributed by atoms with E-state index in [-0.39, 0.29) is 11.6 Å². The summed E-state index contributed by atoms with van der Waals surface area (Å²) in [5.41, 5.74) is 7.97. The molecule has 1 aliphatic carbocycles. The summed E-state index contributed by atoms with van der Waals surface area (Å²) in [7, 11) is 0. The van der Waals surface area contributed by atoms with E-state index in [1.807, 2.05) is 40.7 Å². The number of amides is 1. The second kappa shape index (κ2) is 5.68. The van der Waals surface area contributed by atoms with Crippen LogP contribution in [0.15, 0.2) is 6.07 Å². The van der Waals surface area contributed by atoms with Crippen LogP contribution in [-0.2, 0) is 4.74 Å². The lowest BCUT2D eigenvalue weighted by Crippen LogP contribution is -2.40. The first-order valence-corrected chi connectivity index (χ1v) is 9.24. The summed E-state index contributed by atoms with van der Waals surface area (Å²) in [5, 5.41) is 4.21. The van der Waals surface area contributed by atoms with Crippen molar-refractivity contribution in [2.75, 3.05) is 24.1 Å². The van der Waals surface area contributed by atoms with Gasteiger partial charge in [0.15, 0.2) is 5.65 Å². The Hall–Kier alpha value is -2.64. The van der Waals surface area contributed by atoms with Gasteiger partial charge in [-0.3, -0.25) is 0 Å². The van der Waals surface area contributed by atoms with Gasteiger partial charge in [-0.05, 0) is 52.7 Å². The Kier molecular flexibility index (Phi) is 3.73. The predicted molar refractivity (Wildman–Crippen MR) is 103 cm³/mol. The summed E-state index contributed by atoms with van der Waals surface area (Å²) in [6, 6.07) is 1.97. The van der Waals surface area contributed by atoms with Gasteiger partial charge in [-0.25, -0.2) is 9.78 Å². The highest BCUT2D eigenvalue weighted by atomic mass is 16.6. The Labute approximate surface area is 158 Å². The van der Waals surface area contributed by atoms with Crippen molar-refractivity contribution in [1.82, 2.24) is 19.9 Å². The maximum absolute atomic E-state index is 12.3. The number of hydrogen-bond donors (Lipinski definition) is 2. The molecule has 1 amide bonds. The molecule has 2 atom stereocenters. The van der Waals surface area contributed by atoms with Gasteiger partial charge in [0.2, 0.25) is 5.95 Å². The van der Waals surface area contributed by atoms with Crippen molar-refractivity contribution in [2.45, 2.75) is 52.2 Å². The van der Waals surface area contributed by atoms with Crippen LogP contribution in [0.4, 0.5) is 16.6 Å². The highest BCUT2D eigenvalue weighted by Gasteiger charge is 2.62. The molecule has 2 fully saturated rings. The number of piperidine rings is 1. The maximum Gasteiger partial charge on any atom is 0.410 e. The summed E-state index contributed by atoms with van der Waals surface area (Å²) in [4.78, 5) is 27.6. The molecule has 2 aliphatic rings. The smallest absolute Gasteiger partial charge is 0.410 e. The quantitative estimate of drug-likeness (QED) is 0.837. The van der Waals surface area contributed by atoms with Gasteiger partial charge in [0.25, 0.3) is 0 Å². The fraction of sp³-hybridized carbons (Fsp3) is 0.579. The summed E-state index contributed by atoms with van der Waals surface area (Å²) in [6.45, 7) is 10.8. The third-order valence-corrected chi connectivity index (χ3v) is 5.18. The van der Waals surface area contributed by atoms with Crippen LogP contribution in [0.1, 0.15) is 38.4 Å². The number of fused-ring (bicyclic) bond motifs is 2. The number of nitrogens with one attached hydrogen (secondary N) is 1. The zero-order valence-corrected chi connectivity index (χ0v) is 16.5. The second-order valence-corrected chi connectivity index (χ2v) is 8.75. The lowest BCUT2D eigenvalue weighted by Gasteiger charge is -2.26. The number of carbonyl (C=O) groups excluding carboxylic acids is 1. The second-order valence-electron chi connectivity index (χ2n) is 8.75. The molecule has 2 aromatic rings. The molecule has 4 rings (SSSR count). The topological polar surface area (TPSA) is 106 Å². The van der Waals surface area contributed by atoms with E-state index >= 15 is 0 Å². The van der Waals surface area contributed by atoms with Gasteiger partial charge in [-0.2, -0.15) is 9.97 Å². The average Bonchev–Trinajstić information content (AvgIpc) is 3.03. The Morgan fingerprint density at radius 3 is 2.78 bits per heavy atom. The van der Waals surface area contributed by atoms with Gasteiger partial charge < -0.3 is 20.7 Å². The minimum atomic E-state index is -0.498. The first kappa shape index (κ1) is 17.8. The number of hydrogen-bond acceptors (Lipinski definition) is 7. The number of rotatable bonds is 2. The monoisotopic (exact) mass is 370 g/mol. The van der Waals surface area contributed by atoms with Gasteiger partial charge >= 0.3 is 6.09 Å². The summed E-state index contributed by atoms with van der Waals surface area (Å²) in [6.07, 6.45) is 0.705. The molecular formula is C19H26N6O2. The van der Waals surface area contributed by atoms with Crippen molar-refractivity contribution < 1.29 is 9.53 Å². The molecule has 3 heterocycles. The number of nitrogens with zero attached hydrogens (tertiary/aromatic N) is 4. The van der Waals surface area contributed by atoms with E-state index in [4.69, 9.17) is 10.5 Å². The standard InChI is InChI=1S/C19H26N6O2/c1-10-6-11(2)21-15-13(10)14(20)22-16(23-15)24-19-7-12(19)8-25(9-19)17(26)27-18(3,4)5/h6,12H,7-9H2,1-5H3,(H3,20,21,22,23,24). The lowest BCUT2D eigenvalue weighted by molar-refractivity contribution is 0.0272. The fourth-order valence-corrected chi connectivity index (χ4v) is 3.93. The third kappa shape index (κ3) is 3.24. The Balaban J connectivity index is 1.54. The number of nitrogens with two attached hydrogens (primary N) is 1.